The first-order valence-corrected chi connectivity index (χ1v) is 12.6. The molecule has 1 aliphatic rings. The van der Waals surface area contributed by atoms with Gasteiger partial charge in [0.2, 0.25) is 0 Å². The minimum atomic E-state index is -1.47. The van der Waals surface area contributed by atoms with Gasteiger partial charge in [-0.05, 0) is 13.0 Å². The average Bonchev–Trinajstić information content (AvgIpc) is 2.97. The van der Waals surface area contributed by atoms with Crippen molar-refractivity contribution in [2.24, 2.45) is 0 Å². The number of fused-ring (bicyclic) bond motifs is 1. The fourth-order valence-electron chi connectivity index (χ4n) is 4.97. The maximum atomic E-state index is 14.4. The molecular weight excluding hydrogens is 466 g/mol. The first-order chi connectivity index (χ1) is 18.0. The number of amides is 1. The van der Waals surface area contributed by atoms with Crippen LogP contribution in [0.25, 0.3) is 22.2 Å². The molecule has 7 nitrogen and oxygen atoms in total. The second-order valence-corrected chi connectivity index (χ2v) is 9.26. The summed E-state index contributed by atoms with van der Waals surface area (Å²) < 4.78 is 5.56. The van der Waals surface area contributed by atoms with Crippen LogP contribution in [0.1, 0.15) is 34.5 Å². The quantitative estimate of drug-likeness (QED) is 0.248. The minimum absolute atomic E-state index is 0.357. The zero-order chi connectivity index (χ0) is 25.8. The number of nitrogens with zero attached hydrogens (tertiary/aromatic N) is 3. The van der Waals surface area contributed by atoms with Gasteiger partial charge in [0.05, 0.1) is 37.1 Å². The second-order valence-electron chi connectivity index (χ2n) is 9.26. The third kappa shape index (κ3) is 4.92. The second kappa shape index (κ2) is 10.9. The van der Waals surface area contributed by atoms with Crippen LogP contribution in [-0.2, 0) is 16.1 Å². The smallest absolute Gasteiger partial charge is 0.379 e. The fraction of sp³-hybridized carbons (Fsp3) is 0.267. The molecular formula is C30H31N3O4. The Balaban J connectivity index is 1.74. The molecule has 0 spiro atoms. The lowest BCUT2D eigenvalue weighted by Gasteiger charge is -2.40. The Labute approximate surface area is 217 Å². The molecule has 1 amide bonds. The monoisotopic (exact) mass is 497 g/mol. The molecule has 3 aromatic carbocycles. The number of hydrogen-bond acceptors (Lipinski definition) is 6. The normalized spacial score (nSPS) is 16.8. The van der Waals surface area contributed by atoms with Crippen LogP contribution in [0.5, 0.6) is 0 Å². The molecule has 2 atom stereocenters. The van der Waals surface area contributed by atoms with E-state index >= 15 is 0 Å². The summed E-state index contributed by atoms with van der Waals surface area (Å²) in [5.74, 6) is -0.641. The molecule has 0 aliphatic carbocycles. The Bertz CT molecular complexity index is 1370. The van der Waals surface area contributed by atoms with Crippen molar-refractivity contribution in [3.05, 3.63) is 107 Å². The van der Waals surface area contributed by atoms with E-state index in [4.69, 9.17) is 14.6 Å². The molecule has 0 N–H and O–H groups in total. The highest BCUT2D eigenvalue weighted by molar-refractivity contribution is 6.06. The molecule has 0 saturated carbocycles. The number of morpholine rings is 1. The van der Waals surface area contributed by atoms with Crippen LogP contribution in [0, 0.1) is 5.21 Å². The summed E-state index contributed by atoms with van der Waals surface area (Å²) in [6, 6.07) is 25.8. The molecule has 1 aliphatic heterocycles. The number of carbonyl (C=O) groups excluding carboxylic acids is 1. The van der Waals surface area contributed by atoms with Gasteiger partial charge in [0, 0.05) is 41.7 Å². The maximum absolute atomic E-state index is 14.4. The lowest BCUT2D eigenvalue weighted by molar-refractivity contribution is -1.02. The van der Waals surface area contributed by atoms with Crippen LogP contribution < -0.4 is 0 Å². The van der Waals surface area contributed by atoms with Gasteiger partial charge in [0.1, 0.15) is 6.04 Å². The Morgan fingerprint density at radius 2 is 1.62 bits per heavy atom. The molecule has 190 valence electrons. The van der Waals surface area contributed by atoms with Crippen LogP contribution in [0.3, 0.4) is 0 Å². The summed E-state index contributed by atoms with van der Waals surface area (Å²) in [7, 11) is 1.30. The maximum Gasteiger partial charge on any atom is 0.379 e. The van der Waals surface area contributed by atoms with E-state index in [2.05, 4.69) is 4.90 Å². The van der Waals surface area contributed by atoms with E-state index < -0.39 is 16.8 Å². The molecule has 1 fully saturated rings. The van der Waals surface area contributed by atoms with Crippen LogP contribution >= 0.6 is 0 Å². The van der Waals surface area contributed by atoms with Gasteiger partial charge >= 0.3 is 5.91 Å². The van der Waals surface area contributed by atoms with Crippen LogP contribution in [0.2, 0.25) is 0 Å². The predicted molar refractivity (Wildman–Crippen MR) is 143 cm³/mol. The lowest BCUT2D eigenvalue weighted by Crippen LogP contribution is -2.49. The van der Waals surface area contributed by atoms with E-state index in [0.29, 0.717) is 41.9 Å². The van der Waals surface area contributed by atoms with Crippen LogP contribution in [0.15, 0.2) is 84.9 Å². The first-order valence-electron chi connectivity index (χ1n) is 12.6. The molecule has 0 bridgehead atoms. The van der Waals surface area contributed by atoms with Crippen LogP contribution in [-0.4, -0.2) is 54.0 Å². The van der Waals surface area contributed by atoms with Gasteiger partial charge in [-0.15, -0.1) is 4.81 Å². The van der Waals surface area contributed by atoms with E-state index in [1.807, 2.05) is 84.9 Å². The summed E-state index contributed by atoms with van der Waals surface area (Å²) in [5, 5.41) is 15.0. The number of hydroxylamine groups is 4. The molecule has 1 saturated heterocycles. The number of benzene rings is 3. The van der Waals surface area contributed by atoms with E-state index in [0.717, 1.165) is 29.8 Å². The number of carbonyl (C=O) groups is 1. The Hall–Kier alpha value is -3.46. The molecule has 37 heavy (non-hydrogen) atoms. The topological polar surface area (TPSA) is 74.7 Å². The summed E-state index contributed by atoms with van der Waals surface area (Å²) in [4.78, 5) is 25.7. The zero-order valence-corrected chi connectivity index (χ0v) is 21.2. The van der Waals surface area contributed by atoms with Gasteiger partial charge in [0.25, 0.3) is 0 Å². The minimum Gasteiger partial charge on any atom is -0.590 e. The Morgan fingerprint density at radius 1 is 1.00 bits per heavy atom. The SMILES string of the molecule is CO[N+]([O-])(C(=O)c1c(CN2CCOCC2)c(-c2ccccc2)nc2ccccc12)C(C)c1ccccc1. The summed E-state index contributed by atoms with van der Waals surface area (Å²) >= 11 is 0. The first kappa shape index (κ1) is 25.2. The van der Waals surface area contributed by atoms with Gasteiger partial charge in [-0.1, -0.05) is 78.9 Å². The third-order valence-corrected chi connectivity index (χ3v) is 7.09. The summed E-state index contributed by atoms with van der Waals surface area (Å²) in [6.07, 6.45) is 0. The average molecular weight is 498 g/mol. The molecule has 2 unspecified atom stereocenters. The lowest BCUT2D eigenvalue weighted by atomic mass is 9.94. The summed E-state index contributed by atoms with van der Waals surface area (Å²) in [5.41, 5.74) is 4.06. The Kier molecular flexibility index (Phi) is 7.41. The molecule has 5 rings (SSSR count). The van der Waals surface area contributed by atoms with Gasteiger partial charge in [-0.3, -0.25) is 4.90 Å². The van der Waals surface area contributed by atoms with Crippen molar-refractivity contribution >= 4 is 16.8 Å². The van der Waals surface area contributed by atoms with E-state index in [-0.39, 0.29) is 0 Å². The number of aromatic nitrogens is 1. The number of rotatable bonds is 7. The van der Waals surface area contributed by atoms with E-state index in [9.17, 15) is 10.0 Å². The van der Waals surface area contributed by atoms with Gasteiger partial charge in [-0.2, -0.15) is 4.84 Å². The van der Waals surface area contributed by atoms with Crippen molar-refractivity contribution < 1.29 is 19.2 Å². The predicted octanol–water partition coefficient (Wildman–Crippen LogP) is 5.51. The molecule has 7 heteroatoms. The highest BCUT2D eigenvalue weighted by atomic mass is 16.9. The van der Waals surface area contributed by atoms with E-state index in [1.165, 1.54) is 7.11 Å². The van der Waals surface area contributed by atoms with Crippen LogP contribution in [0.4, 0.5) is 0 Å². The highest BCUT2D eigenvalue weighted by Gasteiger charge is 2.41. The van der Waals surface area contributed by atoms with Crippen molar-refractivity contribution in [2.75, 3.05) is 33.4 Å². The zero-order valence-electron chi connectivity index (χ0n) is 21.2. The standard InChI is InChI=1S/C30H31N3O4/c1-22(23-11-5-3-6-12-23)33(35,36-2)30(34)28-25-15-9-10-16-27(25)31-29(24-13-7-4-8-14-24)26(28)21-32-17-19-37-20-18-32/h3-16,22H,17-21H2,1-2H3. The third-order valence-electron chi connectivity index (χ3n) is 7.09. The summed E-state index contributed by atoms with van der Waals surface area (Å²) in [6.45, 7) is 4.90. The van der Waals surface area contributed by atoms with Crippen molar-refractivity contribution in [3.8, 4) is 11.3 Å². The number of pyridine rings is 1. The molecule has 1 aromatic heterocycles. The molecule has 0 radical (unpaired) electrons. The number of hydrogen-bond donors (Lipinski definition) is 0. The van der Waals surface area contributed by atoms with Crippen molar-refractivity contribution in [3.63, 3.8) is 0 Å². The number of ether oxygens (including phenoxy) is 1. The number of quaternary nitrogens is 1. The van der Waals surface area contributed by atoms with Gasteiger partial charge in [0.15, 0.2) is 0 Å². The molecule has 4 aromatic rings. The van der Waals surface area contributed by atoms with Gasteiger partial charge in [-0.25, -0.2) is 9.78 Å². The van der Waals surface area contributed by atoms with Crippen molar-refractivity contribution in [2.45, 2.75) is 19.5 Å². The van der Waals surface area contributed by atoms with E-state index in [1.54, 1.807) is 6.92 Å². The Morgan fingerprint density at radius 3 is 2.30 bits per heavy atom. The largest absolute Gasteiger partial charge is 0.590 e. The van der Waals surface area contributed by atoms with Crippen molar-refractivity contribution in [1.29, 1.82) is 0 Å². The van der Waals surface area contributed by atoms with Crippen molar-refractivity contribution in [1.82, 2.24) is 9.88 Å². The number of para-hydroxylation sites is 1. The molecule has 2 heterocycles. The highest BCUT2D eigenvalue weighted by Crippen LogP contribution is 2.37. The van der Waals surface area contributed by atoms with Gasteiger partial charge < -0.3 is 9.94 Å². The fourth-order valence-corrected chi connectivity index (χ4v) is 4.97.